The summed E-state index contributed by atoms with van der Waals surface area (Å²) in [6.45, 7) is 5.35. The first-order valence-electron chi connectivity index (χ1n) is 13.1. The summed E-state index contributed by atoms with van der Waals surface area (Å²) in [5.74, 6) is 0.674. The number of unbranched alkanes of at least 4 members (excludes halogenated alkanes) is 3. The zero-order valence-electron chi connectivity index (χ0n) is 20.9. The lowest BCUT2D eigenvalue weighted by molar-refractivity contribution is -0.121. The fourth-order valence-corrected chi connectivity index (χ4v) is 5.09. The maximum Gasteiger partial charge on any atom is 0.330 e. The Bertz CT molecular complexity index is 1290. The van der Waals surface area contributed by atoms with E-state index in [9.17, 15) is 14.4 Å². The molecule has 35 heavy (non-hydrogen) atoms. The van der Waals surface area contributed by atoms with E-state index in [1.807, 2.05) is 16.7 Å². The van der Waals surface area contributed by atoms with Gasteiger partial charge in [0.15, 0.2) is 11.2 Å². The minimum absolute atomic E-state index is 0.0175. The Hall–Kier alpha value is -3.16. The number of nitrogens with zero attached hydrogens (tertiary/aromatic N) is 3. The van der Waals surface area contributed by atoms with Gasteiger partial charge in [0.1, 0.15) is 5.82 Å². The number of rotatable bonds is 11. The number of aromatic amines is 1. The maximum atomic E-state index is 12.9. The molecule has 8 nitrogen and oxygen atoms in total. The highest BCUT2D eigenvalue weighted by molar-refractivity contribution is 5.77. The van der Waals surface area contributed by atoms with Crippen LogP contribution in [0.25, 0.3) is 11.2 Å². The van der Waals surface area contributed by atoms with Crippen LogP contribution in [0.5, 0.6) is 0 Å². The molecule has 8 heteroatoms. The highest BCUT2D eigenvalue weighted by Gasteiger charge is 2.23. The van der Waals surface area contributed by atoms with Gasteiger partial charge in [-0.15, -0.1) is 0 Å². The highest BCUT2D eigenvalue weighted by Crippen LogP contribution is 2.29. The summed E-state index contributed by atoms with van der Waals surface area (Å²) in [5.41, 5.74) is 2.57. The van der Waals surface area contributed by atoms with Gasteiger partial charge in [0, 0.05) is 25.9 Å². The number of aryl methyl sites for hydroxylation is 4. The summed E-state index contributed by atoms with van der Waals surface area (Å²) in [6.07, 6.45) is 8.52. The number of imidazole rings is 1. The van der Waals surface area contributed by atoms with Crippen molar-refractivity contribution in [1.82, 2.24) is 24.4 Å². The summed E-state index contributed by atoms with van der Waals surface area (Å²) in [7, 11) is 0. The lowest BCUT2D eigenvalue weighted by Gasteiger charge is -2.26. The lowest BCUT2D eigenvalue weighted by Crippen LogP contribution is -2.31. The third kappa shape index (κ3) is 5.57. The van der Waals surface area contributed by atoms with Crippen LogP contribution in [0.15, 0.2) is 33.9 Å². The van der Waals surface area contributed by atoms with Crippen molar-refractivity contribution in [1.29, 1.82) is 0 Å². The first kappa shape index (κ1) is 24.9. The molecule has 188 valence electrons. The quantitative estimate of drug-likeness (QED) is 0.406. The van der Waals surface area contributed by atoms with E-state index in [-0.39, 0.29) is 18.4 Å². The number of nitrogens with one attached hydrogen (secondary N) is 2. The zero-order chi connectivity index (χ0) is 24.8. The summed E-state index contributed by atoms with van der Waals surface area (Å²) in [4.78, 5) is 45.5. The van der Waals surface area contributed by atoms with Crippen molar-refractivity contribution in [2.45, 2.75) is 97.2 Å². The summed E-state index contributed by atoms with van der Waals surface area (Å²) in [6, 6.07) is 8.36. The van der Waals surface area contributed by atoms with E-state index < -0.39 is 11.2 Å². The molecule has 0 bridgehead atoms. The molecule has 2 N–H and O–H groups in total. The lowest BCUT2D eigenvalue weighted by atomic mass is 9.87. The SMILES string of the molecule is CCCCCn1c(CCC(=O)NC2CCCc3ccccc32)nc2c1c(=O)[nH]c(=O)n2CCCC. The van der Waals surface area contributed by atoms with Gasteiger partial charge in [-0.1, -0.05) is 57.4 Å². The van der Waals surface area contributed by atoms with Crippen molar-refractivity contribution in [3.8, 4) is 0 Å². The molecule has 0 saturated heterocycles. The smallest absolute Gasteiger partial charge is 0.330 e. The van der Waals surface area contributed by atoms with Crippen molar-refractivity contribution < 1.29 is 4.79 Å². The molecule has 1 aliphatic rings. The first-order chi connectivity index (χ1) is 17.0. The second-order valence-corrected chi connectivity index (χ2v) is 9.53. The predicted molar refractivity (Wildman–Crippen MR) is 138 cm³/mol. The number of hydrogen-bond donors (Lipinski definition) is 2. The number of H-pyrrole nitrogens is 1. The van der Waals surface area contributed by atoms with E-state index in [0.717, 1.165) is 51.4 Å². The van der Waals surface area contributed by atoms with Crippen LogP contribution < -0.4 is 16.6 Å². The van der Waals surface area contributed by atoms with Crippen LogP contribution in [0.2, 0.25) is 0 Å². The molecule has 4 rings (SSSR count). The third-order valence-corrected chi connectivity index (χ3v) is 6.97. The van der Waals surface area contributed by atoms with Gasteiger partial charge in [-0.05, 0) is 43.2 Å². The van der Waals surface area contributed by atoms with Crippen LogP contribution in [0.1, 0.15) is 88.2 Å². The molecule has 1 aromatic carbocycles. The topological polar surface area (TPSA) is 102 Å². The Labute approximate surface area is 205 Å². The maximum absolute atomic E-state index is 12.9. The second kappa shape index (κ2) is 11.5. The van der Waals surface area contributed by atoms with Crippen LogP contribution in [0.3, 0.4) is 0 Å². The summed E-state index contributed by atoms with van der Waals surface area (Å²) in [5, 5.41) is 3.21. The number of carbonyl (C=O) groups excluding carboxylic acids is 1. The van der Waals surface area contributed by atoms with E-state index in [1.54, 1.807) is 4.57 Å². The predicted octanol–water partition coefficient (Wildman–Crippen LogP) is 4.00. The molecule has 1 unspecified atom stereocenters. The van der Waals surface area contributed by atoms with Gasteiger partial charge in [-0.3, -0.25) is 19.1 Å². The van der Waals surface area contributed by atoms with Crippen molar-refractivity contribution in [2.75, 3.05) is 0 Å². The van der Waals surface area contributed by atoms with Gasteiger partial charge < -0.3 is 9.88 Å². The molecule has 3 aromatic rings. The van der Waals surface area contributed by atoms with Crippen molar-refractivity contribution in [2.24, 2.45) is 0 Å². The van der Waals surface area contributed by atoms with Gasteiger partial charge >= 0.3 is 5.69 Å². The molecule has 1 aliphatic carbocycles. The minimum Gasteiger partial charge on any atom is -0.349 e. The Balaban J connectivity index is 1.57. The number of fused-ring (bicyclic) bond motifs is 2. The first-order valence-corrected chi connectivity index (χ1v) is 13.1. The normalized spacial score (nSPS) is 15.3. The van der Waals surface area contributed by atoms with Crippen LogP contribution in [0, 0.1) is 0 Å². The van der Waals surface area contributed by atoms with Crippen LogP contribution in [-0.4, -0.2) is 25.0 Å². The van der Waals surface area contributed by atoms with Crippen LogP contribution in [-0.2, 0) is 30.7 Å². The molecule has 0 aliphatic heterocycles. The standard InChI is InChI=1S/C27H37N5O3/c1-3-5-9-18-31-22(29-25-24(31)26(34)30-27(35)32(25)17-6-4-2)15-16-23(33)28-21-14-10-12-19-11-7-8-13-20(19)21/h7-8,11,13,21H,3-6,9-10,12,14-18H2,1-2H3,(H,28,33)(H,30,34,35). The summed E-state index contributed by atoms with van der Waals surface area (Å²) < 4.78 is 3.49. The van der Waals surface area contributed by atoms with E-state index in [1.165, 1.54) is 11.1 Å². The van der Waals surface area contributed by atoms with Crippen molar-refractivity contribution in [3.05, 3.63) is 62.1 Å². The third-order valence-electron chi connectivity index (χ3n) is 6.97. The fourth-order valence-electron chi connectivity index (χ4n) is 5.09. The van der Waals surface area contributed by atoms with E-state index in [0.29, 0.717) is 36.5 Å². The van der Waals surface area contributed by atoms with Crippen LogP contribution >= 0.6 is 0 Å². The zero-order valence-corrected chi connectivity index (χ0v) is 20.9. The highest BCUT2D eigenvalue weighted by atomic mass is 16.2. The molecule has 0 saturated carbocycles. The monoisotopic (exact) mass is 479 g/mol. The molecule has 0 fully saturated rings. The number of hydrogen-bond acceptors (Lipinski definition) is 4. The number of benzene rings is 1. The molecule has 0 spiro atoms. The molecule has 1 atom stereocenters. The fraction of sp³-hybridized carbons (Fsp3) is 0.556. The number of amides is 1. The molecule has 1 amide bonds. The molecule has 0 radical (unpaired) electrons. The Morgan fingerprint density at radius 1 is 1.09 bits per heavy atom. The average Bonchev–Trinajstić information content (AvgIpc) is 3.22. The molecular formula is C27H37N5O3. The molecule has 2 aromatic heterocycles. The average molecular weight is 480 g/mol. The van der Waals surface area contributed by atoms with Crippen molar-refractivity contribution in [3.63, 3.8) is 0 Å². The van der Waals surface area contributed by atoms with Gasteiger partial charge in [0.25, 0.3) is 5.56 Å². The minimum atomic E-state index is -0.422. The molecule has 2 heterocycles. The van der Waals surface area contributed by atoms with E-state index in [2.05, 4.69) is 36.3 Å². The Morgan fingerprint density at radius 3 is 2.66 bits per heavy atom. The van der Waals surface area contributed by atoms with Gasteiger partial charge in [-0.25, -0.2) is 9.78 Å². The van der Waals surface area contributed by atoms with Gasteiger partial charge in [0.05, 0.1) is 6.04 Å². The number of aromatic nitrogens is 4. The van der Waals surface area contributed by atoms with Gasteiger partial charge in [-0.2, -0.15) is 0 Å². The number of carbonyl (C=O) groups is 1. The summed E-state index contributed by atoms with van der Waals surface area (Å²) >= 11 is 0. The van der Waals surface area contributed by atoms with Crippen LogP contribution in [0.4, 0.5) is 0 Å². The van der Waals surface area contributed by atoms with Gasteiger partial charge in [0.2, 0.25) is 5.91 Å². The van der Waals surface area contributed by atoms with Crippen molar-refractivity contribution >= 4 is 17.1 Å². The van der Waals surface area contributed by atoms with E-state index >= 15 is 0 Å². The van der Waals surface area contributed by atoms with E-state index in [4.69, 9.17) is 4.98 Å². The largest absolute Gasteiger partial charge is 0.349 e. The Kier molecular flexibility index (Phi) is 8.21. The Morgan fingerprint density at radius 2 is 1.86 bits per heavy atom. The second-order valence-electron chi connectivity index (χ2n) is 9.53. The molecular weight excluding hydrogens is 442 g/mol.